The lowest BCUT2D eigenvalue weighted by Gasteiger charge is -2.34. The largest absolute Gasteiger partial charge is 0.507 e. The molecule has 1 aromatic carbocycles. The molecule has 0 bridgehead atoms. The Bertz CT molecular complexity index is 529. The molecule has 1 aliphatic heterocycles. The molecule has 3 nitrogen and oxygen atoms in total. The Balaban J connectivity index is 2.22. The molecular formula is C13H12N2O. The van der Waals surface area contributed by atoms with Gasteiger partial charge in [0.25, 0.3) is 0 Å². The predicted octanol–water partition coefficient (Wildman–Crippen LogP) is 1.96. The number of anilines is 1. The van der Waals surface area contributed by atoms with E-state index in [0.717, 1.165) is 16.8 Å². The summed E-state index contributed by atoms with van der Waals surface area (Å²) in [6.45, 7) is 0. The van der Waals surface area contributed by atoms with E-state index in [-0.39, 0.29) is 11.8 Å². The van der Waals surface area contributed by atoms with Crippen LogP contribution >= 0.6 is 0 Å². The first-order valence-electron chi connectivity index (χ1n) is 5.20. The van der Waals surface area contributed by atoms with Crippen molar-refractivity contribution in [1.29, 1.82) is 0 Å². The van der Waals surface area contributed by atoms with Crippen LogP contribution in [0.3, 0.4) is 0 Å². The Labute approximate surface area is 93.8 Å². The lowest BCUT2D eigenvalue weighted by atomic mass is 9.93. The summed E-state index contributed by atoms with van der Waals surface area (Å²) in [5.74, 6) is 6.33. The second-order valence-electron chi connectivity index (χ2n) is 3.95. The van der Waals surface area contributed by atoms with Crippen molar-refractivity contribution in [2.75, 3.05) is 5.01 Å². The monoisotopic (exact) mass is 212 g/mol. The van der Waals surface area contributed by atoms with E-state index in [0.29, 0.717) is 0 Å². The van der Waals surface area contributed by atoms with E-state index in [1.165, 1.54) is 0 Å². The van der Waals surface area contributed by atoms with Crippen LogP contribution in [0.4, 0.5) is 5.69 Å². The lowest BCUT2D eigenvalue weighted by molar-refractivity contribution is 0.473. The number of nitrogens with two attached hydrogens (primary N) is 1. The molecule has 1 aliphatic carbocycles. The zero-order chi connectivity index (χ0) is 11.1. The Morgan fingerprint density at radius 2 is 2.12 bits per heavy atom. The van der Waals surface area contributed by atoms with Gasteiger partial charge in [-0.3, -0.25) is 5.01 Å². The Morgan fingerprint density at radius 1 is 1.25 bits per heavy atom. The number of hydrogen-bond acceptors (Lipinski definition) is 3. The van der Waals surface area contributed by atoms with Gasteiger partial charge in [-0.25, -0.2) is 5.84 Å². The van der Waals surface area contributed by atoms with Gasteiger partial charge in [0.1, 0.15) is 5.75 Å². The van der Waals surface area contributed by atoms with E-state index >= 15 is 0 Å². The molecule has 1 heterocycles. The van der Waals surface area contributed by atoms with Crippen molar-refractivity contribution in [1.82, 2.24) is 0 Å². The quantitative estimate of drug-likeness (QED) is 0.646. The third-order valence-corrected chi connectivity index (χ3v) is 2.98. The molecule has 0 amide bonds. The molecule has 2 aliphatic rings. The average Bonchev–Trinajstić information content (AvgIpc) is 2.31. The van der Waals surface area contributed by atoms with E-state index in [4.69, 9.17) is 5.84 Å². The van der Waals surface area contributed by atoms with Crippen molar-refractivity contribution >= 4 is 11.8 Å². The van der Waals surface area contributed by atoms with E-state index in [9.17, 15) is 5.11 Å². The molecular weight excluding hydrogens is 200 g/mol. The molecule has 16 heavy (non-hydrogen) atoms. The van der Waals surface area contributed by atoms with Crippen LogP contribution in [-0.4, -0.2) is 11.1 Å². The maximum absolute atomic E-state index is 9.80. The van der Waals surface area contributed by atoms with E-state index in [2.05, 4.69) is 0 Å². The Morgan fingerprint density at radius 3 is 3.00 bits per heavy atom. The topological polar surface area (TPSA) is 49.5 Å². The van der Waals surface area contributed by atoms with Crippen LogP contribution in [0, 0.1) is 0 Å². The molecule has 0 saturated carbocycles. The lowest BCUT2D eigenvalue weighted by Crippen LogP contribution is -2.43. The second-order valence-corrected chi connectivity index (χ2v) is 3.95. The van der Waals surface area contributed by atoms with Gasteiger partial charge in [-0.2, -0.15) is 0 Å². The Hall–Kier alpha value is -2.00. The summed E-state index contributed by atoms with van der Waals surface area (Å²) in [4.78, 5) is 0. The SMILES string of the molecule is NN1c2cccc(O)c2C=C2C=CC=CC21. The highest BCUT2D eigenvalue weighted by Gasteiger charge is 2.25. The highest BCUT2D eigenvalue weighted by atomic mass is 16.3. The summed E-state index contributed by atoms with van der Waals surface area (Å²) in [5.41, 5.74) is 2.74. The van der Waals surface area contributed by atoms with Crippen LogP contribution in [0.15, 0.2) is 48.1 Å². The first-order chi connectivity index (χ1) is 7.77. The fourth-order valence-electron chi connectivity index (χ4n) is 2.16. The standard InChI is InChI=1S/C13H12N2O/c14-15-11-5-2-1-4-9(11)8-10-12(15)6-3-7-13(10)16/h1-8,11,16H,14H2. The normalized spacial score (nSPS) is 21.4. The molecule has 0 fully saturated rings. The molecule has 0 spiro atoms. The minimum atomic E-state index is 0.0688. The summed E-state index contributed by atoms with van der Waals surface area (Å²) >= 11 is 0. The van der Waals surface area contributed by atoms with Gasteiger partial charge in [-0.1, -0.05) is 30.4 Å². The fourth-order valence-corrected chi connectivity index (χ4v) is 2.16. The smallest absolute Gasteiger partial charge is 0.124 e. The summed E-state index contributed by atoms with van der Waals surface area (Å²) in [6.07, 6.45) is 9.99. The van der Waals surface area contributed by atoms with Gasteiger partial charge in [-0.05, 0) is 23.8 Å². The van der Waals surface area contributed by atoms with Gasteiger partial charge in [0, 0.05) is 5.56 Å². The molecule has 3 N–H and O–H groups in total. The van der Waals surface area contributed by atoms with Crippen molar-refractivity contribution in [3.63, 3.8) is 0 Å². The fraction of sp³-hybridized carbons (Fsp3) is 0.0769. The number of hydrogen-bond donors (Lipinski definition) is 2. The van der Waals surface area contributed by atoms with Crippen LogP contribution in [0.5, 0.6) is 5.75 Å². The van der Waals surface area contributed by atoms with Crippen molar-refractivity contribution in [3.05, 3.63) is 53.6 Å². The van der Waals surface area contributed by atoms with Crippen molar-refractivity contribution in [2.24, 2.45) is 5.84 Å². The highest BCUT2D eigenvalue weighted by Crippen LogP contribution is 2.37. The first-order valence-corrected chi connectivity index (χ1v) is 5.20. The van der Waals surface area contributed by atoms with E-state index < -0.39 is 0 Å². The average molecular weight is 212 g/mol. The molecule has 1 aromatic rings. The number of hydrazine groups is 1. The van der Waals surface area contributed by atoms with Crippen LogP contribution in [0.2, 0.25) is 0 Å². The van der Waals surface area contributed by atoms with Crippen LogP contribution in [0.1, 0.15) is 5.56 Å². The van der Waals surface area contributed by atoms with Crippen LogP contribution < -0.4 is 10.9 Å². The number of benzene rings is 1. The number of allylic oxidation sites excluding steroid dienone is 2. The number of fused-ring (bicyclic) bond motifs is 2. The zero-order valence-corrected chi connectivity index (χ0v) is 8.67. The van der Waals surface area contributed by atoms with Gasteiger partial charge in [-0.15, -0.1) is 0 Å². The number of rotatable bonds is 0. The van der Waals surface area contributed by atoms with Crippen molar-refractivity contribution < 1.29 is 5.11 Å². The van der Waals surface area contributed by atoms with Crippen LogP contribution in [-0.2, 0) is 0 Å². The molecule has 80 valence electrons. The third-order valence-electron chi connectivity index (χ3n) is 2.98. The van der Waals surface area contributed by atoms with Gasteiger partial charge >= 0.3 is 0 Å². The molecule has 0 radical (unpaired) electrons. The molecule has 1 unspecified atom stereocenters. The third kappa shape index (κ3) is 1.19. The molecule has 1 atom stereocenters. The zero-order valence-electron chi connectivity index (χ0n) is 8.67. The van der Waals surface area contributed by atoms with Crippen LogP contribution in [0.25, 0.3) is 6.08 Å². The minimum Gasteiger partial charge on any atom is -0.507 e. The summed E-state index contributed by atoms with van der Waals surface area (Å²) in [5, 5.41) is 11.5. The maximum Gasteiger partial charge on any atom is 0.124 e. The van der Waals surface area contributed by atoms with Gasteiger partial charge in [0.2, 0.25) is 0 Å². The van der Waals surface area contributed by atoms with Crippen molar-refractivity contribution in [3.8, 4) is 5.75 Å². The minimum absolute atomic E-state index is 0.0688. The van der Waals surface area contributed by atoms with Gasteiger partial charge < -0.3 is 5.11 Å². The Kier molecular flexibility index (Phi) is 1.88. The van der Waals surface area contributed by atoms with Gasteiger partial charge in [0.15, 0.2) is 0 Å². The van der Waals surface area contributed by atoms with E-state index in [1.54, 1.807) is 17.1 Å². The summed E-state index contributed by atoms with van der Waals surface area (Å²) in [6, 6.07) is 5.45. The number of phenols is 1. The summed E-state index contributed by atoms with van der Waals surface area (Å²) in [7, 11) is 0. The highest BCUT2D eigenvalue weighted by molar-refractivity contribution is 5.80. The summed E-state index contributed by atoms with van der Waals surface area (Å²) < 4.78 is 0. The first kappa shape index (κ1) is 9.24. The van der Waals surface area contributed by atoms with Crippen molar-refractivity contribution in [2.45, 2.75) is 6.04 Å². The molecule has 3 heteroatoms. The predicted molar refractivity (Wildman–Crippen MR) is 64.8 cm³/mol. The number of nitrogens with zero attached hydrogens (tertiary/aromatic N) is 1. The molecule has 0 aromatic heterocycles. The number of aromatic hydroxyl groups is 1. The number of phenolic OH excluding ortho intramolecular Hbond substituents is 1. The maximum atomic E-state index is 9.80. The van der Waals surface area contributed by atoms with E-state index in [1.807, 2.05) is 36.4 Å². The van der Waals surface area contributed by atoms with Gasteiger partial charge in [0.05, 0.1) is 11.7 Å². The molecule has 3 rings (SSSR count). The molecule has 0 saturated heterocycles. The second kappa shape index (κ2) is 3.25.